The van der Waals surface area contributed by atoms with Gasteiger partial charge in [-0.15, -0.1) is 24.8 Å². The lowest BCUT2D eigenvalue weighted by atomic mass is 10.2. The molecule has 0 radical (unpaired) electrons. The van der Waals surface area contributed by atoms with E-state index >= 15 is 0 Å². The lowest BCUT2D eigenvalue weighted by molar-refractivity contribution is -0.141. The van der Waals surface area contributed by atoms with Gasteiger partial charge in [-0.1, -0.05) is 0 Å². The molecule has 0 aromatic carbocycles. The predicted octanol–water partition coefficient (Wildman–Crippen LogP) is 0.611. The third kappa shape index (κ3) is 13.7. The van der Waals surface area contributed by atoms with E-state index in [9.17, 15) is 9.59 Å². The van der Waals surface area contributed by atoms with Gasteiger partial charge in [0, 0.05) is 19.5 Å². The summed E-state index contributed by atoms with van der Waals surface area (Å²) in [7, 11) is 0. The topological polar surface area (TPSA) is 110 Å². The molecule has 0 aliphatic carbocycles. The summed E-state index contributed by atoms with van der Waals surface area (Å²) in [5.41, 5.74) is 10.8. The van der Waals surface area contributed by atoms with Gasteiger partial charge in [0.1, 0.15) is 0 Å². The van der Waals surface area contributed by atoms with Crippen molar-refractivity contribution < 1.29 is 14.7 Å². The highest BCUT2D eigenvalue weighted by atomic mass is 35.5. The molecule has 5 N–H and O–H groups in total. The first-order valence-electron chi connectivity index (χ1n) is 6.01. The van der Waals surface area contributed by atoms with E-state index in [1.807, 2.05) is 0 Å². The van der Waals surface area contributed by atoms with Crippen LogP contribution in [-0.4, -0.2) is 48.1 Å². The number of rotatable bonds is 10. The molecule has 0 bridgehead atoms. The number of aliphatic carboxylic acids is 1. The minimum absolute atomic E-state index is 0. The zero-order valence-corrected chi connectivity index (χ0v) is 12.7. The Kier molecular flexibility index (Phi) is 19.2. The quantitative estimate of drug-likeness (QED) is 0.511. The first-order chi connectivity index (χ1) is 8.11. The molecule has 19 heavy (non-hydrogen) atoms. The van der Waals surface area contributed by atoms with Crippen molar-refractivity contribution in [1.82, 2.24) is 4.90 Å². The molecule has 0 unspecified atom stereocenters. The van der Waals surface area contributed by atoms with Crippen molar-refractivity contribution in [2.45, 2.75) is 32.1 Å². The summed E-state index contributed by atoms with van der Waals surface area (Å²) in [6.07, 6.45) is 2.39. The van der Waals surface area contributed by atoms with Crippen molar-refractivity contribution in [1.29, 1.82) is 0 Å². The minimum atomic E-state index is -0.945. The number of hydrogen-bond acceptors (Lipinski definition) is 4. The molecule has 0 aromatic heterocycles. The third-order valence-electron chi connectivity index (χ3n) is 2.42. The number of carbonyl (C=O) groups is 2. The minimum Gasteiger partial charge on any atom is -0.481 e. The van der Waals surface area contributed by atoms with E-state index in [0.717, 1.165) is 19.3 Å². The van der Waals surface area contributed by atoms with E-state index in [1.54, 1.807) is 4.90 Å². The van der Waals surface area contributed by atoms with Gasteiger partial charge in [-0.2, -0.15) is 0 Å². The molecule has 0 heterocycles. The predicted molar refractivity (Wildman–Crippen MR) is 79.9 cm³/mol. The first kappa shape index (κ1) is 23.5. The molecule has 0 saturated carbocycles. The van der Waals surface area contributed by atoms with Gasteiger partial charge in [0.15, 0.2) is 0 Å². The number of amides is 1. The van der Waals surface area contributed by atoms with Gasteiger partial charge >= 0.3 is 5.97 Å². The number of hydrogen-bond donors (Lipinski definition) is 3. The summed E-state index contributed by atoms with van der Waals surface area (Å²) >= 11 is 0. The Morgan fingerprint density at radius 2 is 1.42 bits per heavy atom. The maximum atomic E-state index is 11.7. The number of carboxylic acids is 1. The standard InChI is InChI=1S/C11H23N3O3.2ClH/c12-6-1-2-8-14(9-3-7-13)10(15)4-5-11(16)17;;/h1-9,12-13H2,(H,16,17);2*1H. The molecule has 0 aromatic rings. The van der Waals surface area contributed by atoms with E-state index in [-0.39, 0.29) is 43.6 Å². The van der Waals surface area contributed by atoms with Crippen molar-refractivity contribution in [2.24, 2.45) is 11.5 Å². The highest BCUT2D eigenvalue weighted by Crippen LogP contribution is 2.02. The summed E-state index contributed by atoms with van der Waals surface area (Å²) in [5.74, 6) is -1.06. The third-order valence-corrected chi connectivity index (χ3v) is 2.42. The van der Waals surface area contributed by atoms with Crippen LogP contribution >= 0.6 is 24.8 Å². The molecule has 8 heteroatoms. The molecule has 0 rings (SSSR count). The second-order valence-corrected chi connectivity index (χ2v) is 3.91. The highest BCUT2D eigenvalue weighted by molar-refractivity contribution is 5.85. The van der Waals surface area contributed by atoms with Crippen LogP contribution < -0.4 is 11.5 Å². The van der Waals surface area contributed by atoms with Gasteiger partial charge in [0.25, 0.3) is 0 Å². The molecule has 1 amide bonds. The Morgan fingerprint density at radius 1 is 0.895 bits per heavy atom. The molecule has 0 aliphatic rings. The van der Waals surface area contributed by atoms with Crippen LogP contribution in [0.25, 0.3) is 0 Å². The largest absolute Gasteiger partial charge is 0.481 e. The first-order valence-corrected chi connectivity index (χ1v) is 6.01. The van der Waals surface area contributed by atoms with Crippen LogP contribution in [0.4, 0.5) is 0 Å². The molecular formula is C11H25Cl2N3O3. The van der Waals surface area contributed by atoms with Gasteiger partial charge in [-0.3, -0.25) is 9.59 Å². The Hall–Kier alpha value is -0.560. The highest BCUT2D eigenvalue weighted by Gasteiger charge is 2.13. The molecule has 6 nitrogen and oxygen atoms in total. The zero-order valence-electron chi connectivity index (χ0n) is 11.0. The van der Waals surface area contributed by atoms with Crippen molar-refractivity contribution in [3.8, 4) is 0 Å². The van der Waals surface area contributed by atoms with Gasteiger partial charge in [-0.05, 0) is 32.4 Å². The smallest absolute Gasteiger partial charge is 0.303 e. The fraction of sp³-hybridized carbons (Fsp3) is 0.818. The lowest BCUT2D eigenvalue weighted by Gasteiger charge is -2.22. The zero-order chi connectivity index (χ0) is 13.1. The monoisotopic (exact) mass is 317 g/mol. The van der Waals surface area contributed by atoms with Crippen LogP contribution in [0.1, 0.15) is 32.1 Å². The Balaban J connectivity index is -0.00000128. The number of carbonyl (C=O) groups excluding carboxylic acids is 1. The summed E-state index contributed by atoms with van der Waals surface area (Å²) in [6, 6.07) is 0. The number of unbranched alkanes of at least 4 members (excludes halogenated alkanes) is 1. The average molecular weight is 318 g/mol. The fourth-order valence-electron chi connectivity index (χ4n) is 1.46. The number of nitrogens with zero attached hydrogens (tertiary/aromatic N) is 1. The summed E-state index contributed by atoms with van der Waals surface area (Å²) in [6.45, 7) is 2.36. The van der Waals surface area contributed by atoms with Crippen LogP contribution in [-0.2, 0) is 9.59 Å². The second-order valence-electron chi connectivity index (χ2n) is 3.91. The number of nitrogens with two attached hydrogens (primary N) is 2. The van der Waals surface area contributed by atoms with Crippen LogP contribution in [0.3, 0.4) is 0 Å². The summed E-state index contributed by atoms with van der Waals surface area (Å²) < 4.78 is 0. The summed E-state index contributed by atoms with van der Waals surface area (Å²) in [5, 5.41) is 8.53. The van der Waals surface area contributed by atoms with Crippen LogP contribution in [0.15, 0.2) is 0 Å². The van der Waals surface area contributed by atoms with Gasteiger partial charge < -0.3 is 21.5 Å². The van der Waals surface area contributed by atoms with Crippen LogP contribution in [0.2, 0.25) is 0 Å². The molecule has 0 fully saturated rings. The molecule has 116 valence electrons. The summed E-state index contributed by atoms with van der Waals surface area (Å²) in [4.78, 5) is 23.8. The van der Waals surface area contributed by atoms with Crippen LogP contribution in [0.5, 0.6) is 0 Å². The van der Waals surface area contributed by atoms with E-state index in [1.165, 1.54) is 0 Å². The van der Waals surface area contributed by atoms with Gasteiger partial charge in [0.05, 0.1) is 6.42 Å². The van der Waals surface area contributed by atoms with Gasteiger partial charge in [0.2, 0.25) is 5.91 Å². The average Bonchev–Trinajstić information content (AvgIpc) is 2.30. The number of halogens is 2. The van der Waals surface area contributed by atoms with Crippen LogP contribution in [0, 0.1) is 0 Å². The Morgan fingerprint density at radius 3 is 1.89 bits per heavy atom. The molecule has 0 saturated heterocycles. The molecule has 0 spiro atoms. The Bertz CT molecular complexity index is 243. The van der Waals surface area contributed by atoms with E-state index in [2.05, 4.69) is 0 Å². The van der Waals surface area contributed by atoms with E-state index in [0.29, 0.717) is 26.2 Å². The van der Waals surface area contributed by atoms with Crippen molar-refractivity contribution in [3.05, 3.63) is 0 Å². The Labute approximate surface area is 126 Å². The van der Waals surface area contributed by atoms with Crippen molar-refractivity contribution in [2.75, 3.05) is 26.2 Å². The normalized spacial score (nSPS) is 9.16. The van der Waals surface area contributed by atoms with E-state index in [4.69, 9.17) is 16.6 Å². The maximum absolute atomic E-state index is 11.7. The number of carboxylic acid groups (broad SMARTS) is 1. The molecule has 0 aliphatic heterocycles. The fourth-order valence-corrected chi connectivity index (χ4v) is 1.46. The van der Waals surface area contributed by atoms with E-state index < -0.39 is 5.97 Å². The molecule has 0 atom stereocenters. The van der Waals surface area contributed by atoms with Crippen molar-refractivity contribution >= 4 is 36.7 Å². The second kappa shape index (κ2) is 15.5. The maximum Gasteiger partial charge on any atom is 0.303 e. The molecular weight excluding hydrogens is 293 g/mol. The lowest BCUT2D eigenvalue weighted by Crippen LogP contribution is -2.34. The van der Waals surface area contributed by atoms with Gasteiger partial charge in [-0.25, -0.2) is 0 Å². The van der Waals surface area contributed by atoms with Crippen molar-refractivity contribution in [3.63, 3.8) is 0 Å². The SMILES string of the molecule is Cl.Cl.NCCCCN(CCCN)C(=O)CCC(=O)O.